The van der Waals surface area contributed by atoms with E-state index in [9.17, 15) is 9.59 Å². The maximum absolute atomic E-state index is 13.4. The lowest BCUT2D eigenvalue weighted by Crippen LogP contribution is -2.40. The number of benzene rings is 1. The standard InChI is InChI=1S/C24H29BrN6O3Si/c1-6-7-10-30-20-21(27-23(30)25)28(2)24(33)31(22(20)32)14-17-8-9-18-19(13-17)29(15-26-18)16-34-11-12-35(3,4)5/h8-9,13,15H,10-12,14,16H2,1-5H3. The predicted molar refractivity (Wildman–Crippen MR) is 143 cm³/mol. The molecule has 0 saturated heterocycles. The Morgan fingerprint density at radius 2 is 1.94 bits per heavy atom. The van der Waals surface area contributed by atoms with Gasteiger partial charge in [-0.2, -0.15) is 0 Å². The SMILES string of the molecule is CC#CCn1c(Br)nc2c1c(=O)n(Cc1ccc3ncn(COCC[Si](C)(C)C)c3c1)c(=O)n2C. The van der Waals surface area contributed by atoms with E-state index in [1.807, 2.05) is 22.8 Å². The Labute approximate surface area is 212 Å². The van der Waals surface area contributed by atoms with Crippen LogP contribution in [-0.2, 0) is 31.6 Å². The van der Waals surface area contributed by atoms with E-state index in [0.29, 0.717) is 35.8 Å². The second-order valence-electron chi connectivity index (χ2n) is 9.68. The molecule has 0 amide bonds. The maximum atomic E-state index is 13.4. The number of halogens is 1. The van der Waals surface area contributed by atoms with Gasteiger partial charge in [-0.05, 0) is 46.6 Å². The number of aromatic nitrogens is 6. The van der Waals surface area contributed by atoms with Gasteiger partial charge >= 0.3 is 5.69 Å². The van der Waals surface area contributed by atoms with Crippen LogP contribution in [0.2, 0.25) is 25.7 Å². The number of imidazole rings is 2. The zero-order chi connectivity index (χ0) is 25.3. The van der Waals surface area contributed by atoms with Gasteiger partial charge in [-0.25, -0.2) is 14.8 Å². The van der Waals surface area contributed by atoms with Crippen LogP contribution in [0.15, 0.2) is 38.8 Å². The smallest absolute Gasteiger partial charge is 0.332 e. The average Bonchev–Trinajstić information content (AvgIpc) is 3.36. The van der Waals surface area contributed by atoms with Crippen molar-refractivity contribution < 1.29 is 4.74 Å². The predicted octanol–water partition coefficient (Wildman–Crippen LogP) is 3.39. The summed E-state index contributed by atoms with van der Waals surface area (Å²) in [5, 5.41) is 0. The van der Waals surface area contributed by atoms with Crippen LogP contribution >= 0.6 is 15.9 Å². The van der Waals surface area contributed by atoms with E-state index in [4.69, 9.17) is 4.74 Å². The lowest BCUT2D eigenvalue weighted by molar-refractivity contribution is 0.0898. The normalized spacial score (nSPS) is 11.8. The molecular weight excluding hydrogens is 528 g/mol. The molecule has 184 valence electrons. The van der Waals surface area contributed by atoms with Crippen LogP contribution in [0.5, 0.6) is 0 Å². The third-order valence-electron chi connectivity index (χ3n) is 5.85. The molecule has 0 atom stereocenters. The zero-order valence-electron chi connectivity index (χ0n) is 20.6. The van der Waals surface area contributed by atoms with Gasteiger partial charge in [-0.3, -0.25) is 13.9 Å². The summed E-state index contributed by atoms with van der Waals surface area (Å²) >= 11 is 3.39. The number of rotatable bonds is 8. The van der Waals surface area contributed by atoms with E-state index in [0.717, 1.165) is 22.6 Å². The van der Waals surface area contributed by atoms with Crippen molar-refractivity contribution in [1.82, 2.24) is 28.2 Å². The number of ether oxygens (including phenoxy) is 1. The Balaban J connectivity index is 1.68. The van der Waals surface area contributed by atoms with Crippen molar-refractivity contribution in [2.24, 2.45) is 7.05 Å². The molecule has 3 heterocycles. The first-order valence-corrected chi connectivity index (χ1v) is 15.9. The van der Waals surface area contributed by atoms with Gasteiger partial charge in [0, 0.05) is 21.7 Å². The largest absolute Gasteiger partial charge is 0.361 e. The minimum absolute atomic E-state index is 0.126. The average molecular weight is 558 g/mol. The Bertz CT molecular complexity index is 1580. The summed E-state index contributed by atoms with van der Waals surface area (Å²) in [6, 6.07) is 6.83. The maximum Gasteiger partial charge on any atom is 0.332 e. The van der Waals surface area contributed by atoms with Crippen LogP contribution in [-0.4, -0.2) is 42.9 Å². The molecule has 0 unspecified atom stereocenters. The van der Waals surface area contributed by atoms with Crippen LogP contribution in [0, 0.1) is 11.8 Å². The highest BCUT2D eigenvalue weighted by molar-refractivity contribution is 9.10. The van der Waals surface area contributed by atoms with Crippen molar-refractivity contribution in [3.05, 3.63) is 55.7 Å². The monoisotopic (exact) mass is 556 g/mol. The molecule has 0 saturated carbocycles. The van der Waals surface area contributed by atoms with Crippen LogP contribution in [0.4, 0.5) is 0 Å². The van der Waals surface area contributed by atoms with E-state index in [1.165, 1.54) is 9.13 Å². The highest BCUT2D eigenvalue weighted by Gasteiger charge is 2.19. The Morgan fingerprint density at radius 1 is 1.17 bits per heavy atom. The quantitative estimate of drug-likeness (QED) is 0.144. The van der Waals surface area contributed by atoms with Gasteiger partial charge in [-0.1, -0.05) is 31.6 Å². The summed E-state index contributed by atoms with van der Waals surface area (Å²) in [6.07, 6.45) is 1.76. The summed E-state index contributed by atoms with van der Waals surface area (Å²) in [5.74, 6) is 5.78. The van der Waals surface area contributed by atoms with Crippen molar-refractivity contribution in [3.63, 3.8) is 0 Å². The first-order chi connectivity index (χ1) is 16.6. The second-order valence-corrected chi connectivity index (χ2v) is 16.0. The summed E-state index contributed by atoms with van der Waals surface area (Å²) in [6.45, 7) is 10.2. The van der Waals surface area contributed by atoms with Gasteiger partial charge < -0.3 is 13.9 Å². The summed E-state index contributed by atoms with van der Waals surface area (Å²) in [5.41, 5.74) is 2.38. The van der Waals surface area contributed by atoms with Crippen molar-refractivity contribution in [1.29, 1.82) is 0 Å². The molecule has 0 N–H and O–H groups in total. The van der Waals surface area contributed by atoms with Crippen LogP contribution in [0.25, 0.3) is 22.2 Å². The molecular formula is C24H29BrN6O3Si. The van der Waals surface area contributed by atoms with Gasteiger partial charge in [0.15, 0.2) is 15.9 Å². The molecule has 4 aromatic rings. The Morgan fingerprint density at radius 3 is 2.66 bits per heavy atom. The van der Waals surface area contributed by atoms with E-state index in [1.54, 1.807) is 24.9 Å². The molecule has 0 bridgehead atoms. The van der Waals surface area contributed by atoms with Crippen molar-refractivity contribution >= 4 is 46.2 Å². The third kappa shape index (κ3) is 5.19. The van der Waals surface area contributed by atoms with Gasteiger partial charge in [-0.15, -0.1) is 5.92 Å². The van der Waals surface area contributed by atoms with E-state index >= 15 is 0 Å². The second kappa shape index (κ2) is 9.97. The topological polar surface area (TPSA) is 88.9 Å². The first-order valence-electron chi connectivity index (χ1n) is 11.4. The number of aryl methyl sites for hydroxylation is 1. The summed E-state index contributed by atoms with van der Waals surface area (Å²) in [7, 11) is 0.456. The zero-order valence-corrected chi connectivity index (χ0v) is 23.2. The van der Waals surface area contributed by atoms with Crippen molar-refractivity contribution in [3.8, 4) is 11.8 Å². The molecule has 9 nitrogen and oxygen atoms in total. The summed E-state index contributed by atoms with van der Waals surface area (Å²) in [4.78, 5) is 35.3. The number of hydrogen-bond donors (Lipinski definition) is 0. The summed E-state index contributed by atoms with van der Waals surface area (Å²) < 4.78 is 12.6. The van der Waals surface area contributed by atoms with Crippen LogP contribution < -0.4 is 11.2 Å². The number of nitrogens with zero attached hydrogens (tertiary/aromatic N) is 6. The Kier molecular flexibility index (Phi) is 7.16. The molecule has 3 aromatic heterocycles. The van der Waals surface area contributed by atoms with Gasteiger partial charge in [0.25, 0.3) is 5.56 Å². The molecule has 11 heteroatoms. The molecule has 0 fully saturated rings. The molecule has 35 heavy (non-hydrogen) atoms. The third-order valence-corrected chi connectivity index (χ3v) is 8.16. The van der Waals surface area contributed by atoms with E-state index in [2.05, 4.69) is 57.4 Å². The number of hydrogen-bond acceptors (Lipinski definition) is 5. The van der Waals surface area contributed by atoms with Gasteiger partial charge in [0.05, 0.1) is 30.5 Å². The molecule has 0 aliphatic heterocycles. The fourth-order valence-electron chi connectivity index (χ4n) is 3.81. The first kappa shape index (κ1) is 25.2. The van der Waals surface area contributed by atoms with Crippen LogP contribution in [0.3, 0.4) is 0 Å². The van der Waals surface area contributed by atoms with Gasteiger partial charge in [0.2, 0.25) is 0 Å². The highest BCUT2D eigenvalue weighted by atomic mass is 79.9. The molecule has 4 rings (SSSR count). The van der Waals surface area contributed by atoms with Gasteiger partial charge in [0.1, 0.15) is 6.73 Å². The molecule has 0 aliphatic carbocycles. The molecule has 0 spiro atoms. The lowest BCUT2D eigenvalue weighted by atomic mass is 10.2. The minimum Gasteiger partial charge on any atom is -0.361 e. The van der Waals surface area contributed by atoms with E-state index in [-0.39, 0.29) is 6.54 Å². The fourth-order valence-corrected chi connectivity index (χ4v) is 5.04. The highest BCUT2D eigenvalue weighted by Crippen LogP contribution is 2.18. The van der Waals surface area contributed by atoms with Crippen molar-refractivity contribution in [2.75, 3.05) is 6.61 Å². The number of fused-ring (bicyclic) bond motifs is 2. The molecule has 0 radical (unpaired) electrons. The Hall–Kier alpha value is -2.94. The van der Waals surface area contributed by atoms with Crippen molar-refractivity contribution in [2.45, 2.75) is 52.4 Å². The van der Waals surface area contributed by atoms with Crippen LogP contribution in [0.1, 0.15) is 12.5 Å². The fraction of sp³-hybridized carbons (Fsp3) is 0.417. The lowest BCUT2D eigenvalue weighted by Gasteiger charge is -2.15. The molecule has 1 aromatic carbocycles. The van der Waals surface area contributed by atoms with E-state index < -0.39 is 19.3 Å². The molecule has 0 aliphatic rings. The minimum atomic E-state index is -1.16.